The fourth-order valence-corrected chi connectivity index (χ4v) is 2.45. The third-order valence-electron chi connectivity index (χ3n) is 2.56. The quantitative estimate of drug-likeness (QED) is 0.674. The number of nitrogens with one attached hydrogen (secondary N) is 1. The van der Waals surface area contributed by atoms with Crippen LogP contribution in [0.25, 0.3) is 0 Å². The minimum atomic E-state index is -0.295. The van der Waals surface area contributed by atoms with Crippen molar-refractivity contribution in [2.45, 2.75) is 20.4 Å². The summed E-state index contributed by atoms with van der Waals surface area (Å²) in [7, 11) is 0. The third kappa shape index (κ3) is 3.51. The van der Waals surface area contributed by atoms with E-state index >= 15 is 0 Å². The lowest BCUT2D eigenvalue weighted by Crippen LogP contribution is -2.24. The maximum atomic E-state index is 12.7. The Bertz CT molecular complexity index is 664. The van der Waals surface area contributed by atoms with E-state index in [9.17, 15) is 9.18 Å². The van der Waals surface area contributed by atoms with Crippen LogP contribution in [0.1, 0.15) is 16.3 Å². The molecule has 0 saturated heterocycles. The Labute approximate surface area is 127 Å². The van der Waals surface area contributed by atoms with E-state index in [1.165, 1.54) is 12.3 Å². The number of carbonyl (C=O) groups excluding carboxylic acids is 1. The molecule has 5 nitrogen and oxygen atoms in total. The molecule has 1 N–H and O–H groups in total. The van der Waals surface area contributed by atoms with Gasteiger partial charge in [0.2, 0.25) is 0 Å². The van der Waals surface area contributed by atoms with E-state index in [1.807, 2.05) is 13.8 Å². The summed E-state index contributed by atoms with van der Waals surface area (Å²) in [4.78, 5) is 12.3. The van der Waals surface area contributed by atoms with Gasteiger partial charge in [0.15, 0.2) is 5.13 Å². The lowest BCUT2D eigenvalue weighted by atomic mass is 10.4. The number of nitrogens with zero attached hydrogens (tertiary/aromatic N) is 3. The minimum Gasteiger partial charge on any atom is -0.271 e. The topological polar surface area (TPSA) is 59.3 Å². The summed E-state index contributed by atoms with van der Waals surface area (Å²) < 4.78 is 15.2. The van der Waals surface area contributed by atoms with Crippen LogP contribution >= 0.6 is 27.3 Å². The van der Waals surface area contributed by atoms with Crippen molar-refractivity contribution in [3.8, 4) is 0 Å². The second-order valence-corrected chi connectivity index (χ2v) is 5.94. The SMILES string of the molecule is Cc1nn(CC(=O)N/N=C/c2ccc(F)s2)c(C)c1Br. The van der Waals surface area contributed by atoms with Gasteiger partial charge in [-0.2, -0.15) is 14.6 Å². The smallest absolute Gasteiger partial charge is 0.261 e. The Kier molecular flexibility index (Phi) is 4.66. The molecule has 0 aliphatic heterocycles. The van der Waals surface area contributed by atoms with Crippen LogP contribution in [-0.4, -0.2) is 21.9 Å². The number of thiophene rings is 1. The maximum Gasteiger partial charge on any atom is 0.261 e. The average molecular weight is 359 g/mol. The zero-order valence-corrected chi connectivity index (χ0v) is 13.3. The molecule has 0 aliphatic carbocycles. The largest absolute Gasteiger partial charge is 0.271 e. The van der Waals surface area contributed by atoms with Gasteiger partial charge in [-0.05, 0) is 41.9 Å². The standard InChI is InChI=1S/C12H12BrFN4OS/c1-7-12(13)8(2)18(17-7)6-11(19)16-15-5-9-3-4-10(14)20-9/h3-5H,6H2,1-2H3,(H,16,19)/b15-5+. The highest BCUT2D eigenvalue weighted by atomic mass is 79.9. The van der Waals surface area contributed by atoms with Crippen molar-refractivity contribution in [2.24, 2.45) is 5.10 Å². The Morgan fingerprint density at radius 3 is 2.90 bits per heavy atom. The van der Waals surface area contributed by atoms with E-state index in [0.29, 0.717) is 4.88 Å². The van der Waals surface area contributed by atoms with Crippen LogP contribution in [0.2, 0.25) is 0 Å². The highest BCUT2D eigenvalue weighted by Crippen LogP contribution is 2.19. The molecule has 2 aromatic heterocycles. The van der Waals surface area contributed by atoms with Crippen molar-refractivity contribution in [1.29, 1.82) is 0 Å². The van der Waals surface area contributed by atoms with Crippen molar-refractivity contribution < 1.29 is 9.18 Å². The first-order valence-corrected chi connectivity index (χ1v) is 7.35. The van der Waals surface area contributed by atoms with Gasteiger partial charge in [0, 0.05) is 0 Å². The van der Waals surface area contributed by atoms with Gasteiger partial charge in [-0.3, -0.25) is 9.48 Å². The lowest BCUT2D eigenvalue weighted by Gasteiger charge is -2.02. The monoisotopic (exact) mass is 358 g/mol. The summed E-state index contributed by atoms with van der Waals surface area (Å²) in [6, 6.07) is 2.94. The van der Waals surface area contributed by atoms with Crippen molar-refractivity contribution in [3.63, 3.8) is 0 Å². The summed E-state index contributed by atoms with van der Waals surface area (Å²) in [5, 5.41) is 7.72. The molecule has 0 bridgehead atoms. The molecule has 0 radical (unpaired) electrons. The van der Waals surface area contributed by atoms with E-state index in [4.69, 9.17) is 0 Å². The summed E-state index contributed by atoms with van der Waals surface area (Å²) in [5.74, 6) is -0.295. The van der Waals surface area contributed by atoms with E-state index in [-0.39, 0.29) is 17.6 Å². The Balaban J connectivity index is 1.92. The molecule has 106 valence electrons. The molecule has 2 rings (SSSR count). The minimum absolute atomic E-state index is 0.0778. The zero-order chi connectivity index (χ0) is 14.7. The number of aryl methyl sites for hydroxylation is 1. The first-order valence-electron chi connectivity index (χ1n) is 5.74. The highest BCUT2D eigenvalue weighted by Gasteiger charge is 2.11. The Hall–Kier alpha value is -1.54. The van der Waals surface area contributed by atoms with Crippen molar-refractivity contribution in [2.75, 3.05) is 0 Å². The van der Waals surface area contributed by atoms with Crippen molar-refractivity contribution in [3.05, 3.63) is 38.0 Å². The van der Waals surface area contributed by atoms with Gasteiger partial charge < -0.3 is 0 Å². The van der Waals surface area contributed by atoms with Gasteiger partial charge >= 0.3 is 0 Å². The number of amides is 1. The molecule has 0 atom stereocenters. The van der Waals surface area contributed by atoms with Crippen LogP contribution in [-0.2, 0) is 11.3 Å². The predicted molar refractivity (Wildman–Crippen MR) is 79.4 cm³/mol. The van der Waals surface area contributed by atoms with Gasteiger partial charge in [-0.1, -0.05) is 0 Å². The van der Waals surface area contributed by atoms with E-state index in [2.05, 4.69) is 31.6 Å². The Morgan fingerprint density at radius 2 is 2.35 bits per heavy atom. The third-order valence-corrected chi connectivity index (χ3v) is 4.52. The molecule has 0 aliphatic rings. The van der Waals surface area contributed by atoms with Crippen molar-refractivity contribution >= 4 is 39.4 Å². The summed E-state index contributed by atoms with van der Waals surface area (Å²) in [5.41, 5.74) is 4.09. The molecule has 8 heteroatoms. The summed E-state index contributed by atoms with van der Waals surface area (Å²) in [6.45, 7) is 3.80. The van der Waals surface area contributed by atoms with Crippen LogP contribution in [0.3, 0.4) is 0 Å². The average Bonchev–Trinajstić information content (AvgIpc) is 2.90. The molecule has 0 saturated carbocycles. The fourth-order valence-electron chi connectivity index (χ4n) is 1.57. The molecule has 2 heterocycles. The lowest BCUT2D eigenvalue weighted by molar-refractivity contribution is -0.121. The first-order chi connectivity index (χ1) is 9.47. The molecule has 20 heavy (non-hydrogen) atoms. The molecule has 1 amide bonds. The highest BCUT2D eigenvalue weighted by molar-refractivity contribution is 9.10. The van der Waals surface area contributed by atoms with E-state index in [1.54, 1.807) is 10.7 Å². The van der Waals surface area contributed by atoms with Crippen LogP contribution in [0.15, 0.2) is 21.7 Å². The van der Waals surface area contributed by atoms with E-state index < -0.39 is 0 Å². The van der Waals surface area contributed by atoms with Crippen LogP contribution in [0, 0.1) is 19.0 Å². The van der Waals surface area contributed by atoms with Crippen LogP contribution in [0.4, 0.5) is 4.39 Å². The first kappa shape index (κ1) is 14.9. The van der Waals surface area contributed by atoms with Gasteiger partial charge in [0.25, 0.3) is 5.91 Å². The molecule has 0 unspecified atom stereocenters. The number of halogens is 2. The molecule has 0 fully saturated rings. The van der Waals surface area contributed by atoms with Crippen LogP contribution in [0.5, 0.6) is 0 Å². The second-order valence-electron chi connectivity index (χ2n) is 4.08. The van der Waals surface area contributed by atoms with Gasteiger partial charge in [-0.25, -0.2) is 5.43 Å². The normalized spacial score (nSPS) is 11.2. The van der Waals surface area contributed by atoms with E-state index in [0.717, 1.165) is 27.2 Å². The molecule has 0 aromatic carbocycles. The predicted octanol–water partition coefficient (Wildman–Crippen LogP) is 2.61. The molecular formula is C12H12BrFN4OS. The number of hydrogen-bond acceptors (Lipinski definition) is 4. The maximum absolute atomic E-state index is 12.7. The number of hydrazone groups is 1. The Morgan fingerprint density at radius 1 is 1.60 bits per heavy atom. The van der Waals surface area contributed by atoms with Gasteiger partial charge in [0.1, 0.15) is 6.54 Å². The molecular weight excluding hydrogens is 347 g/mol. The number of carbonyl (C=O) groups is 1. The zero-order valence-electron chi connectivity index (χ0n) is 10.9. The molecule has 0 spiro atoms. The second kappa shape index (κ2) is 6.27. The summed E-state index contributed by atoms with van der Waals surface area (Å²) >= 11 is 4.36. The molecule has 2 aromatic rings. The van der Waals surface area contributed by atoms with Gasteiger partial charge in [-0.15, -0.1) is 11.3 Å². The van der Waals surface area contributed by atoms with Gasteiger partial charge in [0.05, 0.1) is 27.0 Å². The fraction of sp³-hybridized carbons (Fsp3) is 0.250. The summed E-state index contributed by atoms with van der Waals surface area (Å²) in [6.07, 6.45) is 1.41. The number of hydrogen-bond donors (Lipinski definition) is 1. The van der Waals surface area contributed by atoms with Crippen LogP contribution < -0.4 is 5.43 Å². The number of rotatable bonds is 4. The number of aromatic nitrogens is 2. The van der Waals surface area contributed by atoms with Crippen molar-refractivity contribution in [1.82, 2.24) is 15.2 Å².